The van der Waals surface area contributed by atoms with Crippen LogP contribution in [-0.2, 0) is 36.3 Å². The number of para-hydroxylation sites is 1. The maximum atomic E-state index is 15.2. The van der Waals surface area contributed by atoms with Crippen LogP contribution in [0.15, 0.2) is 48.6 Å². The topological polar surface area (TPSA) is 157 Å². The number of rotatable bonds is 6. The molecule has 6 aliphatic rings. The van der Waals surface area contributed by atoms with Crippen molar-refractivity contribution in [1.29, 1.82) is 0 Å². The number of benzene rings is 2. The van der Waals surface area contributed by atoms with Crippen LogP contribution in [-0.4, -0.2) is 125 Å². The molecule has 294 valence electrons. The molecule has 9 rings (SSSR count). The lowest BCUT2D eigenvalue weighted by molar-refractivity contribution is -0.215. The number of nitrogens with zero attached hydrogens (tertiary/aromatic N) is 2. The van der Waals surface area contributed by atoms with E-state index in [9.17, 15) is 20.1 Å². The number of hydrogen-bond donors (Lipinski definition) is 5. The summed E-state index contributed by atoms with van der Waals surface area (Å²) < 4.78 is 17.5. The van der Waals surface area contributed by atoms with E-state index in [4.69, 9.17) is 14.2 Å². The van der Waals surface area contributed by atoms with Gasteiger partial charge in [-0.15, -0.1) is 0 Å². The Kier molecular flexibility index (Phi) is 8.36. The number of aliphatic hydroxyl groups excluding tert-OH is 1. The van der Waals surface area contributed by atoms with Gasteiger partial charge in [-0.05, 0) is 74.2 Å². The van der Waals surface area contributed by atoms with Gasteiger partial charge >= 0.3 is 11.9 Å². The molecule has 2 bridgehead atoms. The molecule has 12 heteroatoms. The molecule has 1 spiro atoms. The van der Waals surface area contributed by atoms with Crippen molar-refractivity contribution >= 4 is 28.5 Å². The Morgan fingerprint density at radius 3 is 2.49 bits per heavy atom. The number of nitrogens with one attached hydrogen (secondary N) is 2. The predicted molar refractivity (Wildman–Crippen MR) is 206 cm³/mol. The summed E-state index contributed by atoms with van der Waals surface area (Å²) in [5.74, 6) is -0.948. The number of esters is 2. The largest absolute Gasteiger partial charge is 0.496 e. The lowest BCUT2D eigenvalue weighted by Gasteiger charge is -2.62. The monoisotopic (exact) mass is 754 g/mol. The van der Waals surface area contributed by atoms with E-state index in [1.165, 1.54) is 14.2 Å². The van der Waals surface area contributed by atoms with E-state index < -0.39 is 51.5 Å². The van der Waals surface area contributed by atoms with Crippen LogP contribution in [0.2, 0.25) is 0 Å². The zero-order chi connectivity index (χ0) is 38.7. The molecule has 5 N–H and O–H groups in total. The zero-order valence-corrected chi connectivity index (χ0v) is 32.5. The highest BCUT2D eigenvalue weighted by atomic mass is 16.5. The molecule has 2 saturated heterocycles. The summed E-state index contributed by atoms with van der Waals surface area (Å²) in [6.07, 6.45) is 5.77. The van der Waals surface area contributed by atoms with E-state index in [1.807, 2.05) is 50.3 Å². The number of fused-ring (bicyclic) bond motifs is 6. The number of piperidine rings is 1. The Morgan fingerprint density at radius 2 is 1.76 bits per heavy atom. The Balaban J connectivity index is 1.34. The van der Waals surface area contributed by atoms with E-state index in [0.717, 1.165) is 40.8 Å². The van der Waals surface area contributed by atoms with Crippen LogP contribution in [0, 0.1) is 11.3 Å². The number of methoxy groups -OCH3 is 3. The third-order valence-corrected chi connectivity index (χ3v) is 15.0. The summed E-state index contributed by atoms with van der Waals surface area (Å²) in [5.41, 5.74) is -1.58. The van der Waals surface area contributed by atoms with Crippen molar-refractivity contribution in [3.63, 3.8) is 0 Å². The molecule has 1 unspecified atom stereocenters. The van der Waals surface area contributed by atoms with Gasteiger partial charge in [0.2, 0.25) is 5.60 Å². The lowest BCUT2D eigenvalue weighted by atomic mass is 9.48. The second-order valence-corrected chi connectivity index (χ2v) is 17.2. The third-order valence-electron chi connectivity index (χ3n) is 15.0. The molecule has 55 heavy (non-hydrogen) atoms. The minimum absolute atomic E-state index is 0.0791. The maximum absolute atomic E-state index is 15.2. The smallest absolute Gasteiger partial charge is 0.342 e. The molecular formula is C43H54N4O8. The van der Waals surface area contributed by atoms with Crippen LogP contribution in [0.3, 0.4) is 0 Å². The van der Waals surface area contributed by atoms with Gasteiger partial charge in [-0.25, -0.2) is 4.79 Å². The van der Waals surface area contributed by atoms with Gasteiger partial charge in [-0.1, -0.05) is 44.2 Å². The highest BCUT2D eigenvalue weighted by Gasteiger charge is 2.78. The molecule has 5 aliphatic heterocycles. The van der Waals surface area contributed by atoms with E-state index in [1.54, 1.807) is 7.11 Å². The van der Waals surface area contributed by atoms with E-state index in [-0.39, 0.29) is 12.0 Å². The Bertz CT molecular complexity index is 2100. The van der Waals surface area contributed by atoms with E-state index >= 15 is 4.79 Å². The van der Waals surface area contributed by atoms with Gasteiger partial charge in [0.15, 0.2) is 0 Å². The number of carbonyl (C=O) groups is 2. The summed E-state index contributed by atoms with van der Waals surface area (Å²) in [6.45, 7) is 7.38. The Hall–Kier alpha value is -3.94. The SMILES string of the molecule is CC[C@]1(O)C[C@H]2CN(CCc3c([nH]c4ccccc34)[C@@](C(=O)OC)(c3cc4c(cc3OC)N[C@H]3[C@@](O)(C(=O)OC)[C@H](O)[C@]5(CC)C=CCN6CC[C@]43[C@@H]65)C2)C1. The van der Waals surface area contributed by atoms with Gasteiger partial charge in [0.05, 0.1) is 33.0 Å². The van der Waals surface area contributed by atoms with Crippen molar-refractivity contribution in [1.82, 2.24) is 14.8 Å². The number of H-pyrrole nitrogens is 1. The van der Waals surface area contributed by atoms with Crippen LogP contribution < -0.4 is 10.1 Å². The minimum Gasteiger partial charge on any atom is -0.496 e. The van der Waals surface area contributed by atoms with Gasteiger partial charge < -0.3 is 39.8 Å². The number of carbonyl (C=O) groups excluding carboxylic acids is 2. The molecule has 0 radical (unpaired) electrons. The predicted octanol–water partition coefficient (Wildman–Crippen LogP) is 3.40. The summed E-state index contributed by atoms with van der Waals surface area (Å²) in [4.78, 5) is 37.5. The average Bonchev–Trinajstić information content (AvgIpc) is 3.89. The first kappa shape index (κ1) is 36.7. The molecule has 10 atom stereocenters. The highest BCUT2D eigenvalue weighted by Crippen LogP contribution is 2.66. The first-order valence-electron chi connectivity index (χ1n) is 19.9. The van der Waals surface area contributed by atoms with Gasteiger partial charge in [0.1, 0.15) is 17.3 Å². The fourth-order valence-corrected chi connectivity index (χ4v) is 12.7. The van der Waals surface area contributed by atoms with Crippen LogP contribution in [0.1, 0.15) is 68.3 Å². The Morgan fingerprint density at radius 1 is 0.982 bits per heavy atom. The van der Waals surface area contributed by atoms with Gasteiger partial charge in [-0.2, -0.15) is 0 Å². The van der Waals surface area contributed by atoms with Crippen molar-refractivity contribution in [3.05, 3.63) is 70.9 Å². The number of anilines is 1. The molecule has 1 aliphatic carbocycles. The van der Waals surface area contributed by atoms with E-state index in [0.29, 0.717) is 75.2 Å². The highest BCUT2D eigenvalue weighted by molar-refractivity contribution is 5.94. The van der Waals surface area contributed by atoms with Crippen LogP contribution in [0.5, 0.6) is 5.75 Å². The molecule has 1 saturated carbocycles. The summed E-state index contributed by atoms with van der Waals surface area (Å²) in [7, 11) is 4.27. The number of ether oxygens (including phenoxy) is 3. The van der Waals surface area contributed by atoms with Crippen molar-refractivity contribution in [2.45, 2.75) is 92.6 Å². The third kappa shape index (κ3) is 4.63. The second-order valence-electron chi connectivity index (χ2n) is 17.2. The van der Waals surface area contributed by atoms with Gasteiger partial charge in [0, 0.05) is 77.0 Å². The first-order chi connectivity index (χ1) is 26.4. The normalized spacial score (nSPS) is 38.7. The van der Waals surface area contributed by atoms with Gasteiger partial charge in [0.25, 0.3) is 0 Å². The van der Waals surface area contributed by atoms with Crippen LogP contribution >= 0.6 is 0 Å². The van der Waals surface area contributed by atoms with Crippen LogP contribution in [0.4, 0.5) is 5.69 Å². The number of aliphatic hydroxyl groups is 3. The minimum atomic E-state index is -2.30. The van der Waals surface area contributed by atoms with Gasteiger partial charge in [-0.3, -0.25) is 14.6 Å². The second kappa shape index (κ2) is 12.5. The summed E-state index contributed by atoms with van der Waals surface area (Å²) >= 11 is 0. The molecule has 0 amide bonds. The molecular weight excluding hydrogens is 700 g/mol. The fraction of sp³-hybridized carbons (Fsp3) is 0.581. The molecule has 1 aromatic heterocycles. The van der Waals surface area contributed by atoms with Crippen molar-refractivity contribution in [2.75, 3.05) is 59.4 Å². The van der Waals surface area contributed by atoms with Crippen molar-refractivity contribution < 1.29 is 39.1 Å². The van der Waals surface area contributed by atoms with Crippen molar-refractivity contribution in [3.8, 4) is 5.75 Å². The quantitative estimate of drug-likeness (QED) is 0.186. The van der Waals surface area contributed by atoms with E-state index in [2.05, 4.69) is 32.2 Å². The van der Waals surface area contributed by atoms with Crippen LogP contribution in [0.25, 0.3) is 10.9 Å². The average molecular weight is 755 g/mol. The standard InChI is InChI=1S/C43H54N4O8/c1-6-39(51)21-25-22-42(37(49)54-4,33-27(13-17-46(23-25)24-39)26-11-8-9-12-30(26)44-33)29-19-28-31(20-32(29)53-3)45-34-41(28)15-18-47-16-10-14-40(7-2,35(41)47)36(48)43(34,52)38(50)55-5/h8-12,14,19-20,25,34-36,44-45,48,51-52H,6-7,13,15-18,21-24H2,1-5H3/t25-,34-,35+,36-,39+,40-,41+,42+,43+/m1/s1. The fourth-order valence-electron chi connectivity index (χ4n) is 12.7. The molecule has 3 aromatic rings. The maximum Gasteiger partial charge on any atom is 0.342 e. The Labute approximate surface area is 321 Å². The molecule has 3 fully saturated rings. The summed E-state index contributed by atoms with van der Waals surface area (Å²) in [5, 5.41) is 41.5. The molecule has 6 heterocycles. The first-order valence-corrected chi connectivity index (χ1v) is 19.9. The zero-order valence-electron chi connectivity index (χ0n) is 32.5. The summed E-state index contributed by atoms with van der Waals surface area (Å²) in [6, 6.07) is 10.9. The number of aromatic nitrogens is 1. The number of aromatic amines is 1. The molecule has 12 nitrogen and oxygen atoms in total. The molecule has 2 aromatic carbocycles. The number of hydrogen-bond acceptors (Lipinski definition) is 11. The van der Waals surface area contributed by atoms with Crippen molar-refractivity contribution in [2.24, 2.45) is 11.3 Å². The lowest BCUT2D eigenvalue weighted by Crippen LogP contribution is -2.79.